The van der Waals surface area contributed by atoms with Crippen molar-refractivity contribution in [2.24, 2.45) is 0 Å². The molecule has 0 aliphatic carbocycles. The van der Waals surface area contributed by atoms with E-state index in [9.17, 15) is 0 Å². The maximum absolute atomic E-state index is 6.07. The van der Waals surface area contributed by atoms with E-state index in [0.717, 1.165) is 37.6 Å². The first-order chi connectivity index (χ1) is 12.9. The first-order valence-electron chi connectivity index (χ1n) is 9.87. The third kappa shape index (κ3) is 2.84. The van der Waals surface area contributed by atoms with Gasteiger partial charge in [0.15, 0.2) is 0 Å². The molecule has 0 saturated heterocycles. The van der Waals surface area contributed by atoms with Crippen LogP contribution in [0.4, 0.5) is 0 Å². The van der Waals surface area contributed by atoms with Crippen molar-refractivity contribution in [1.29, 1.82) is 0 Å². The smallest absolute Gasteiger partial charge is 0.120 e. The van der Waals surface area contributed by atoms with Crippen molar-refractivity contribution >= 4 is 32.3 Å². The lowest BCUT2D eigenvalue weighted by atomic mass is 9.94. The summed E-state index contributed by atoms with van der Waals surface area (Å²) in [5, 5.41) is 7.69. The predicted octanol–water partition coefficient (Wildman–Crippen LogP) is 6.70. The van der Waals surface area contributed by atoms with E-state index in [2.05, 4.69) is 48.5 Å². The first kappa shape index (κ1) is 15.7. The molecule has 0 aromatic heterocycles. The van der Waals surface area contributed by atoms with Crippen molar-refractivity contribution in [2.45, 2.75) is 38.5 Å². The molecule has 0 atom stereocenters. The minimum Gasteiger partial charge on any atom is -0.494 e. The van der Waals surface area contributed by atoms with E-state index in [1.807, 2.05) is 0 Å². The molecule has 4 aromatic carbocycles. The van der Waals surface area contributed by atoms with Gasteiger partial charge in [-0.25, -0.2) is 0 Å². The lowest BCUT2D eigenvalue weighted by Gasteiger charge is -2.15. The van der Waals surface area contributed by atoms with Crippen molar-refractivity contribution in [3.63, 3.8) is 0 Å². The Morgan fingerprint density at radius 2 is 0.808 bits per heavy atom. The number of hydrogen-bond acceptors (Lipinski definition) is 2. The van der Waals surface area contributed by atoms with Gasteiger partial charge < -0.3 is 9.47 Å². The van der Waals surface area contributed by atoms with Crippen LogP contribution in [-0.2, 0) is 0 Å². The summed E-state index contributed by atoms with van der Waals surface area (Å²) in [5.41, 5.74) is 0. The Balaban J connectivity index is 1.67. The summed E-state index contributed by atoms with van der Waals surface area (Å²) in [6.07, 6.45) is 7.31. The lowest BCUT2D eigenvalue weighted by Crippen LogP contribution is -2.00. The molecule has 3 aliphatic rings. The highest BCUT2D eigenvalue weighted by Crippen LogP contribution is 2.38. The van der Waals surface area contributed by atoms with E-state index in [0.29, 0.717) is 0 Å². The van der Waals surface area contributed by atoms with Crippen LogP contribution in [-0.4, -0.2) is 13.2 Å². The van der Waals surface area contributed by atoms with Crippen molar-refractivity contribution in [2.75, 3.05) is 13.2 Å². The van der Waals surface area contributed by atoms with Crippen molar-refractivity contribution < 1.29 is 9.47 Å². The minimum atomic E-state index is 0.806. The van der Waals surface area contributed by atoms with Crippen LogP contribution in [0.5, 0.6) is 11.5 Å². The van der Waals surface area contributed by atoms with Gasteiger partial charge in [0, 0.05) is 0 Å². The molecule has 0 N–H and O–H groups in total. The Morgan fingerprint density at radius 3 is 1.19 bits per heavy atom. The molecule has 26 heavy (non-hydrogen) atoms. The van der Waals surface area contributed by atoms with Crippen molar-refractivity contribution in [3.8, 4) is 11.5 Å². The zero-order chi connectivity index (χ0) is 17.3. The fraction of sp³-hybridized carbons (Fsp3) is 0.333. The molecule has 132 valence electrons. The highest BCUT2D eigenvalue weighted by atomic mass is 16.5. The number of ether oxygens (including phenoxy) is 2. The van der Waals surface area contributed by atoms with Crippen LogP contribution in [0, 0.1) is 0 Å². The Bertz CT molecular complexity index is 899. The Kier molecular flexibility index (Phi) is 4.05. The number of rotatable bonds is 0. The Morgan fingerprint density at radius 1 is 0.462 bits per heavy atom. The van der Waals surface area contributed by atoms with E-state index in [-0.39, 0.29) is 0 Å². The topological polar surface area (TPSA) is 18.5 Å². The summed E-state index contributed by atoms with van der Waals surface area (Å²) in [5.74, 6) is 1.97. The summed E-state index contributed by atoms with van der Waals surface area (Å²) in [6.45, 7) is 1.61. The summed E-state index contributed by atoms with van der Waals surface area (Å²) >= 11 is 0. The molecule has 3 heterocycles. The van der Waals surface area contributed by atoms with Gasteiger partial charge in [-0.15, -0.1) is 0 Å². The van der Waals surface area contributed by atoms with Gasteiger partial charge in [0.05, 0.1) is 13.2 Å². The molecule has 0 unspecified atom stereocenters. The molecule has 0 radical (unpaired) electrons. The molecular formula is C24H24O2. The van der Waals surface area contributed by atoms with Crippen LogP contribution >= 0.6 is 0 Å². The van der Waals surface area contributed by atoms with Crippen molar-refractivity contribution in [1.82, 2.24) is 0 Å². The number of benzene rings is 4. The average Bonchev–Trinajstić information content (AvgIpc) is 2.66. The standard InChI is InChI=1S/C24H24O2/c1-2-4-6-12-26-22-15-19-9-7-17-13-21(25-11-5-3-1)14-18-8-10-20(16-22)24(19)23(17)18/h7-10,13-16H,1-6,11-12H2. The fourth-order valence-corrected chi connectivity index (χ4v) is 4.24. The second-order valence-corrected chi connectivity index (χ2v) is 7.44. The molecule has 0 amide bonds. The Hall–Kier alpha value is -2.48. The maximum atomic E-state index is 6.07. The molecule has 7 rings (SSSR count). The lowest BCUT2D eigenvalue weighted by molar-refractivity contribution is 0.297. The second-order valence-electron chi connectivity index (χ2n) is 7.44. The molecule has 0 spiro atoms. The predicted molar refractivity (Wildman–Crippen MR) is 109 cm³/mol. The largest absolute Gasteiger partial charge is 0.494 e. The van der Waals surface area contributed by atoms with Gasteiger partial charge in [-0.05, 0) is 69.4 Å². The van der Waals surface area contributed by atoms with E-state index >= 15 is 0 Å². The molecule has 8 bridgehead atoms. The van der Waals surface area contributed by atoms with Gasteiger partial charge in [0.25, 0.3) is 0 Å². The molecular weight excluding hydrogens is 320 g/mol. The number of hydrogen-bond donors (Lipinski definition) is 0. The van der Waals surface area contributed by atoms with Gasteiger partial charge in [-0.3, -0.25) is 0 Å². The van der Waals surface area contributed by atoms with E-state index in [1.165, 1.54) is 58.0 Å². The quantitative estimate of drug-likeness (QED) is 0.331. The highest BCUT2D eigenvalue weighted by molar-refractivity contribution is 6.23. The van der Waals surface area contributed by atoms with Crippen LogP contribution in [0.2, 0.25) is 0 Å². The van der Waals surface area contributed by atoms with Crippen LogP contribution in [0.1, 0.15) is 38.5 Å². The minimum absolute atomic E-state index is 0.806. The molecule has 2 heteroatoms. The fourth-order valence-electron chi connectivity index (χ4n) is 4.24. The zero-order valence-corrected chi connectivity index (χ0v) is 15.1. The summed E-state index contributed by atoms with van der Waals surface area (Å²) < 4.78 is 12.1. The van der Waals surface area contributed by atoms with Gasteiger partial charge >= 0.3 is 0 Å². The normalized spacial score (nSPS) is 16.6. The van der Waals surface area contributed by atoms with Crippen LogP contribution in [0.3, 0.4) is 0 Å². The summed E-state index contributed by atoms with van der Waals surface area (Å²) in [6, 6.07) is 17.6. The highest BCUT2D eigenvalue weighted by Gasteiger charge is 2.11. The van der Waals surface area contributed by atoms with Crippen molar-refractivity contribution in [3.05, 3.63) is 48.5 Å². The zero-order valence-electron chi connectivity index (χ0n) is 15.1. The van der Waals surface area contributed by atoms with Crippen LogP contribution in [0.15, 0.2) is 48.5 Å². The number of fused-ring (bicyclic) bond motifs is 2. The van der Waals surface area contributed by atoms with E-state index in [4.69, 9.17) is 9.47 Å². The summed E-state index contributed by atoms with van der Waals surface area (Å²) in [4.78, 5) is 0. The molecule has 0 saturated carbocycles. The third-order valence-corrected chi connectivity index (χ3v) is 5.56. The summed E-state index contributed by atoms with van der Waals surface area (Å²) in [7, 11) is 0. The van der Waals surface area contributed by atoms with E-state index < -0.39 is 0 Å². The monoisotopic (exact) mass is 344 g/mol. The Labute approximate surface area is 154 Å². The van der Waals surface area contributed by atoms with E-state index in [1.54, 1.807) is 0 Å². The molecule has 4 aromatic rings. The van der Waals surface area contributed by atoms with Gasteiger partial charge in [0.1, 0.15) is 11.5 Å². The molecule has 3 aliphatic heterocycles. The van der Waals surface area contributed by atoms with Gasteiger partial charge in [-0.1, -0.05) is 49.9 Å². The molecule has 0 fully saturated rings. The van der Waals surface area contributed by atoms with Gasteiger partial charge in [-0.2, -0.15) is 0 Å². The second kappa shape index (κ2) is 6.68. The van der Waals surface area contributed by atoms with Gasteiger partial charge in [0.2, 0.25) is 0 Å². The molecule has 2 nitrogen and oxygen atoms in total. The van der Waals surface area contributed by atoms with Crippen LogP contribution < -0.4 is 9.47 Å². The average molecular weight is 344 g/mol. The van der Waals surface area contributed by atoms with Crippen LogP contribution in [0.25, 0.3) is 32.3 Å². The SMILES string of the molecule is c1cc2cc3cc4ccc5cc(cc1c5c24)OCCCCCCCCO3. The first-order valence-corrected chi connectivity index (χ1v) is 9.87. The third-order valence-electron chi connectivity index (χ3n) is 5.56. The maximum Gasteiger partial charge on any atom is 0.120 e.